The first kappa shape index (κ1) is 21.4. The standard InChI is InChI=1S/C17H28BNO3.CO2/c19-17(3-1-2-10-18(21)22)15-11-14(12-15)5-4-13-6-8-16(20)9-7-13;2-1-3/h6-9,14-15,17,20-22H,1-5,10-12,19H2;. The lowest BCUT2D eigenvalue weighted by Crippen LogP contribution is -2.39. The van der Waals surface area contributed by atoms with Gasteiger partial charge in [-0.1, -0.05) is 25.0 Å². The number of carbonyl (C=O) groups excluding carboxylic acids is 2. The Bertz CT molecular complexity index is 511. The molecule has 138 valence electrons. The van der Waals surface area contributed by atoms with Crippen LogP contribution >= 0.6 is 0 Å². The van der Waals surface area contributed by atoms with Gasteiger partial charge in [-0.3, -0.25) is 0 Å². The molecule has 0 amide bonds. The van der Waals surface area contributed by atoms with E-state index >= 15 is 0 Å². The topological polar surface area (TPSA) is 121 Å². The molecule has 1 aliphatic carbocycles. The van der Waals surface area contributed by atoms with Crippen LogP contribution in [0, 0.1) is 11.8 Å². The summed E-state index contributed by atoms with van der Waals surface area (Å²) in [5.41, 5.74) is 7.51. The predicted molar refractivity (Wildman–Crippen MR) is 94.5 cm³/mol. The summed E-state index contributed by atoms with van der Waals surface area (Å²) in [6.07, 6.45) is 8.22. The Labute approximate surface area is 149 Å². The summed E-state index contributed by atoms with van der Waals surface area (Å²) in [6, 6.07) is 7.75. The summed E-state index contributed by atoms with van der Waals surface area (Å²) in [5.74, 6) is 1.75. The lowest BCUT2D eigenvalue weighted by molar-refractivity contribution is -0.191. The molecule has 0 aromatic heterocycles. The minimum Gasteiger partial charge on any atom is -0.508 e. The molecule has 7 heteroatoms. The lowest BCUT2D eigenvalue weighted by atomic mass is 9.68. The summed E-state index contributed by atoms with van der Waals surface area (Å²) < 4.78 is 0. The van der Waals surface area contributed by atoms with Gasteiger partial charge in [-0.15, -0.1) is 0 Å². The fourth-order valence-corrected chi connectivity index (χ4v) is 3.35. The van der Waals surface area contributed by atoms with Gasteiger partial charge in [0.05, 0.1) is 0 Å². The normalized spacial score (nSPS) is 19.8. The second-order valence-corrected chi connectivity index (χ2v) is 6.81. The maximum atomic E-state index is 9.26. The van der Waals surface area contributed by atoms with E-state index in [1.54, 1.807) is 12.1 Å². The molecule has 0 spiro atoms. The number of phenols is 1. The fourth-order valence-electron chi connectivity index (χ4n) is 3.35. The minimum absolute atomic E-state index is 0.250. The monoisotopic (exact) mass is 349 g/mol. The van der Waals surface area contributed by atoms with Gasteiger partial charge in [0.1, 0.15) is 5.75 Å². The van der Waals surface area contributed by atoms with Crippen molar-refractivity contribution in [1.82, 2.24) is 0 Å². The summed E-state index contributed by atoms with van der Waals surface area (Å²) in [4.78, 5) is 16.2. The van der Waals surface area contributed by atoms with Crippen LogP contribution in [0.5, 0.6) is 5.75 Å². The molecule has 1 aromatic carbocycles. The molecule has 5 N–H and O–H groups in total. The molecule has 1 saturated carbocycles. The highest BCUT2D eigenvalue weighted by molar-refractivity contribution is 6.40. The molecule has 1 atom stereocenters. The van der Waals surface area contributed by atoms with E-state index in [9.17, 15) is 5.11 Å². The van der Waals surface area contributed by atoms with E-state index in [0.29, 0.717) is 18.0 Å². The van der Waals surface area contributed by atoms with Crippen LogP contribution < -0.4 is 5.73 Å². The number of aromatic hydroxyl groups is 1. The fraction of sp³-hybridized carbons (Fsp3) is 0.611. The number of hydrogen-bond acceptors (Lipinski definition) is 6. The van der Waals surface area contributed by atoms with Crippen LogP contribution in [0.4, 0.5) is 0 Å². The van der Waals surface area contributed by atoms with Crippen LogP contribution in [-0.2, 0) is 16.0 Å². The van der Waals surface area contributed by atoms with Gasteiger partial charge in [0, 0.05) is 6.04 Å². The molecule has 1 aliphatic rings. The van der Waals surface area contributed by atoms with Crippen LogP contribution in [0.1, 0.15) is 44.1 Å². The molecule has 6 nitrogen and oxygen atoms in total. The number of nitrogens with two attached hydrogens (primary N) is 1. The Morgan fingerprint density at radius 2 is 1.76 bits per heavy atom. The van der Waals surface area contributed by atoms with Crippen molar-refractivity contribution in [3.05, 3.63) is 29.8 Å². The van der Waals surface area contributed by atoms with E-state index in [-0.39, 0.29) is 12.2 Å². The van der Waals surface area contributed by atoms with Crippen molar-refractivity contribution in [1.29, 1.82) is 0 Å². The zero-order valence-corrected chi connectivity index (χ0v) is 14.5. The van der Waals surface area contributed by atoms with Gasteiger partial charge >= 0.3 is 13.3 Å². The maximum Gasteiger partial charge on any atom is 0.451 e. The van der Waals surface area contributed by atoms with Gasteiger partial charge in [0.15, 0.2) is 0 Å². The van der Waals surface area contributed by atoms with Crippen LogP contribution in [-0.4, -0.2) is 34.5 Å². The SMILES string of the molecule is NC(CCCCB(O)O)C1CC(CCc2ccc(O)cc2)C1.O=C=O. The summed E-state index contributed by atoms with van der Waals surface area (Å²) in [5, 5.41) is 26.9. The Kier molecular flexibility index (Phi) is 10.1. The van der Waals surface area contributed by atoms with Crippen molar-refractivity contribution in [2.75, 3.05) is 0 Å². The van der Waals surface area contributed by atoms with Gasteiger partial charge in [-0.2, -0.15) is 9.59 Å². The van der Waals surface area contributed by atoms with Gasteiger partial charge in [0.25, 0.3) is 0 Å². The van der Waals surface area contributed by atoms with Crippen LogP contribution in [0.25, 0.3) is 0 Å². The highest BCUT2D eigenvalue weighted by Gasteiger charge is 2.32. The maximum absolute atomic E-state index is 9.26. The second kappa shape index (κ2) is 11.8. The van der Waals surface area contributed by atoms with E-state index in [0.717, 1.165) is 31.6 Å². The zero-order valence-electron chi connectivity index (χ0n) is 14.5. The van der Waals surface area contributed by atoms with Gasteiger partial charge in [-0.25, -0.2) is 0 Å². The molecule has 1 fully saturated rings. The number of rotatable bonds is 9. The molecule has 0 saturated heterocycles. The van der Waals surface area contributed by atoms with Gasteiger partial charge < -0.3 is 20.9 Å². The molecule has 0 radical (unpaired) electrons. The van der Waals surface area contributed by atoms with E-state index in [1.165, 1.54) is 24.8 Å². The molecule has 1 unspecified atom stereocenters. The Balaban J connectivity index is 0.000000970. The number of hydrogen-bond donors (Lipinski definition) is 4. The number of benzene rings is 1. The number of aryl methyl sites for hydroxylation is 1. The molecule has 1 aromatic rings. The minimum atomic E-state index is -1.18. The molecule has 0 aliphatic heterocycles. The number of unbranched alkanes of at least 4 members (excludes halogenated alkanes) is 1. The van der Waals surface area contributed by atoms with Gasteiger partial charge in [-0.05, 0) is 68.0 Å². The van der Waals surface area contributed by atoms with E-state index in [4.69, 9.17) is 25.4 Å². The molecule has 0 heterocycles. The third-order valence-corrected chi connectivity index (χ3v) is 4.91. The van der Waals surface area contributed by atoms with Crippen LogP contribution in [0.2, 0.25) is 6.32 Å². The van der Waals surface area contributed by atoms with Crippen molar-refractivity contribution >= 4 is 13.3 Å². The first-order valence-corrected chi connectivity index (χ1v) is 8.85. The van der Waals surface area contributed by atoms with E-state index < -0.39 is 7.12 Å². The first-order valence-electron chi connectivity index (χ1n) is 8.85. The van der Waals surface area contributed by atoms with Gasteiger partial charge in [0.2, 0.25) is 0 Å². The third-order valence-electron chi connectivity index (χ3n) is 4.91. The van der Waals surface area contributed by atoms with Crippen molar-refractivity contribution in [2.24, 2.45) is 17.6 Å². The van der Waals surface area contributed by atoms with Crippen molar-refractivity contribution in [3.8, 4) is 5.75 Å². The third kappa shape index (κ3) is 8.84. The van der Waals surface area contributed by atoms with Crippen LogP contribution in [0.3, 0.4) is 0 Å². The summed E-state index contributed by atoms with van der Waals surface area (Å²) in [7, 11) is -1.18. The van der Waals surface area contributed by atoms with Crippen molar-refractivity contribution in [3.63, 3.8) is 0 Å². The summed E-state index contributed by atoms with van der Waals surface area (Å²) in [6.45, 7) is 0. The second-order valence-electron chi connectivity index (χ2n) is 6.81. The molecular formula is C18H28BNO5. The highest BCUT2D eigenvalue weighted by atomic mass is 16.4. The number of phenolic OH excluding ortho intramolecular Hbond substituents is 1. The Hall–Kier alpha value is -1.66. The molecule has 0 bridgehead atoms. The largest absolute Gasteiger partial charge is 0.508 e. The quantitative estimate of drug-likeness (QED) is 0.398. The van der Waals surface area contributed by atoms with E-state index in [1.807, 2.05) is 12.1 Å². The van der Waals surface area contributed by atoms with Crippen molar-refractivity contribution in [2.45, 2.75) is 57.3 Å². The predicted octanol–water partition coefficient (Wildman–Crippen LogP) is 1.74. The molecule has 25 heavy (non-hydrogen) atoms. The average molecular weight is 349 g/mol. The molecule has 2 rings (SSSR count). The van der Waals surface area contributed by atoms with Crippen LogP contribution in [0.15, 0.2) is 24.3 Å². The lowest BCUT2D eigenvalue weighted by Gasteiger charge is -2.39. The highest BCUT2D eigenvalue weighted by Crippen LogP contribution is 2.39. The first-order chi connectivity index (χ1) is 12.0. The zero-order chi connectivity index (χ0) is 18.7. The Morgan fingerprint density at radius 3 is 2.32 bits per heavy atom. The van der Waals surface area contributed by atoms with E-state index in [2.05, 4.69) is 0 Å². The smallest absolute Gasteiger partial charge is 0.451 e. The summed E-state index contributed by atoms with van der Waals surface area (Å²) >= 11 is 0. The van der Waals surface area contributed by atoms with Crippen molar-refractivity contribution < 1.29 is 24.7 Å². The molecular weight excluding hydrogens is 321 g/mol. The Morgan fingerprint density at radius 1 is 1.16 bits per heavy atom. The average Bonchev–Trinajstić information content (AvgIpc) is 2.52.